The van der Waals surface area contributed by atoms with Gasteiger partial charge in [0.05, 0.1) is 6.04 Å². The lowest BCUT2D eigenvalue weighted by Gasteiger charge is -2.32. The summed E-state index contributed by atoms with van der Waals surface area (Å²) in [5.74, 6) is 1.02. The lowest BCUT2D eigenvalue weighted by Crippen LogP contribution is -2.34. The Balaban J connectivity index is 2.87. The van der Waals surface area contributed by atoms with E-state index in [2.05, 4.69) is 55.0 Å². The standard InChI is InChI=1S/C13H22BrNO/c1-5-9-15-12(13(3,4)6-2)10-7-8-11(14)16-10/h7-8,12,15H,5-6,9H2,1-4H3. The molecule has 1 aromatic heterocycles. The lowest BCUT2D eigenvalue weighted by atomic mass is 9.80. The first-order chi connectivity index (χ1) is 7.51. The third-order valence-corrected chi connectivity index (χ3v) is 3.60. The highest BCUT2D eigenvalue weighted by Gasteiger charge is 2.30. The van der Waals surface area contributed by atoms with E-state index in [1.807, 2.05) is 6.07 Å². The molecule has 0 spiro atoms. The smallest absolute Gasteiger partial charge is 0.169 e. The lowest BCUT2D eigenvalue weighted by molar-refractivity contribution is 0.205. The van der Waals surface area contributed by atoms with Gasteiger partial charge in [0.25, 0.3) is 0 Å². The van der Waals surface area contributed by atoms with Gasteiger partial charge in [0.2, 0.25) is 0 Å². The molecule has 0 aliphatic heterocycles. The molecule has 0 saturated heterocycles. The fraction of sp³-hybridized carbons (Fsp3) is 0.692. The Morgan fingerprint density at radius 2 is 2.06 bits per heavy atom. The summed E-state index contributed by atoms with van der Waals surface area (Å²) in [7, 11) is 0. The summed E-state index contributed by atoms with van der Waals surface area (Å²) in [4.78, 5) is 0. The van der Waals surface area contributed by atoms with Gasteiger partial charge in [0.1, 0.15) is 5.76 Å². The predicted octanol–water partition coefficient (Wildman–Crippen LogP) is 4.52. The molecule has 0 bridgehead atoms. The fourth-order valence-corrected chi connectivity index (χ4v) is 2.06. The number of furan rings is 1. The summed E-state index contributed by atoms with van der Waals surface area (Å²) in [6, 6.07) is 4.29. The van der Waals surface area contributed by atoms with Gasteiger partial charge >= 0.3 is 0 Å². The molecule has 16 heavy (non-hydrogen) atoms. The molecule has 1 aromatic rings. The van der Waals surface area contributed by atoms with Crippen LogP contribution < -0.4 is 5.32 Å². The van der Waals surface area contributed by atoms with E-state index < -0.39 is 0 Å². The molecule has 0 radical (unpaired) electrons. The van der Waals surface area contributed by atoms with Gasteiger partial charge in [-0.25, -0.2) is 0 Å². The third-order valence-electron chi connectivity index (χ3n) is 3.17. The van der Waals surface area contributed by atoms with Crippen LogP contribution in [0.4, 0.5) is 0 Å². The van der Waals surface area contributed by atoms with Crippen molar-refractivity contribution in [2.75, 3.05) is 6.54 Å². The third kappa shape index (κ3) is 3.36. The molecule has 1 atom stereocenters. The molecule has 1 N–H and O–H groups in total. The molecule has 0 amide bonds. The van der Waals surface area contributed by atoms with Crippen molar-refractivity contribution in [1.29, 1.82) is 0 Å². The Hall–Kier alpha value is -0.280. The highest BCUT2D eigenvalue weighted by atomic mass is 79.9. The number of nitrogens with one attached hydrogen (secondary N) is 1. The number of hydrogen-bond acceptors (Lipinski definition) is 2. The van der Waals surface area contributed by atoms with Crippen molar-refractivity contribution in [3.8, 4) is 0 Å². The van der Waals surface area contributed by atoms with Gasteiger partial charge in [0.15, 0.2) is 4.67 Å². The monoisotopic (exact) mass is 287 g/mol. The van der Waals surface area contributed by atoms with Crippen molar-refractivity contribution in [2.45, 2.75) is 46.6 Å². The molecule has 0 aromatic carbocycles. The van der Waals surface area contributed by atoms with Crippen LogP contribution in [0.15, 0.2) is 21.2 Å². The average molecular weight is 288 g/mol. The number of halogens is 1. The zero-order valence-corrected chi connectivity index (χ0v) is 12.2. The molecule has 1 rings (SSSR count). The molecular formula is C13H22BrNO. The molecule has 92 valence electrons. The topological polar surface area (TPSA) is 25.2 Å². The summed E-state index contributed by atoms with van der Waals surface area (Å²) in [5.41, 5.74) is 0.201. The van der Waals surface area contributed by atoms with Crippen LogP contribution in [-0.4, -0.2) is 6.54 Å². The summed E-state index contributed by atoms with van der Waals surface area (Å²) in [6.45, 7) is 9.97. The van der Waals surface area contributed by atoms with Gasteiger partial charge in [-0.2, -0.15) is 0 Å². The van der Waals surface area contributed by atoms with Crippen molar-refractivity contribution in [3.63, 3.8) is 0 Å². The SMILES string of the molecule is CCCNC(c1ccc(Br)o1)C(C)(C)CC. The van der Waals surface area contributed by atoms with Crippen LogP contribution in [0.2, 0.25) is 0 Å². The number of hydrogen-bond donors (Lipinski definition) is 1. The van der Waals surface area contributed by atoms with Crippen molar-refractivity contribution in [2.24, 2.45) is 5.41 Å². The first kappa shape index (κ1) is 13.8. The van der Waals surface area contributed by atoms with E-state index >= 15 is 0 Å². The number of rotatable bonds is 6. The highest BCUT2D eigenvalue weighted by molar-refractivity contribution is 9.10. The Labute approximate surface area is 107 Å². The minimum absolute atomic E-state index is 0.201. The quantitative estimate of drug-likeness (QED) is 0.832. The van der Waals surface area contributed by atoms with Crippen LogP contribution in [-0.2, 0) is 0 Å². The average Bonchev–Trinajstić information content (AvgIpc) is 2.65. The van der Waals surface area contributed by atoms with Gasteiger partial charge < -0.3 is 9.73 Å². The maximum Gasteiger partial charge on any atom is 0.169 e. The molecule has 1 heterocycles. The van der Waals surface area contributed by atoms with Crippen molar-refractivity contribution < 1.29 is 4.42 Å². The first-order valence-corrected chi connectivity index (χ1v) is 6.79. The first-order valence-electron chi connectivity index (χ1n) is 6.00. The van der Waals surface area contributed by atoms with Crippen LogP contribution >= 0.6 is 15.9 Å². The summed E-state index contributed by atoms with van der Waals surface area (Å²) < 4.78 is 6.49. The second-order valence-electron chi connectivity index (χ2n) is 4.87. The van der Waals surface area contributed by atoms with Crippen LogP contribution in [0, 0.1) is 5.41 Å². The van der Waals surface area contributed by atoms with Crippen LogP contribution in [0.25, 0.3) is 0 Å². The summed E-state index contributed by atoms with van der Waals surface area (Å²) in [5, 5.41) is 3.58. The maximum absolute atomic E-state index is 5.69. The van der Waals surface area contributed by atoms with Gasteiger partial charge in [0, 0.05) is 0 Å². The minimum atomic E-state index is 0.201. The molecule has 1 unspecified atom stereocenters. The Morgan fingerprint density at radius 3 is 2.50 bits per heavy atom. The van der Waals surface area contributed by atoms with Crippen molar-refractivity contribution >= 4 is 15.9 Å². The van der Waals surface area contributed by atoms with Crippen LogP contribution in [0.5, 0.6) is 0 Å². The van der Waals surface area contributed by atoms with E-state index in [-0.39, 0.29) is 11.5 Å². The van der Waals surface area contributed by atoms with E-state index in [1.165, 1.54) is 0 Å². The van der Waals surface area contributed by atoms with Crippen molar-refractivity contribution in [1.82, 2.24) is 5.32 Å². The van der Waals surface area contributed by atoms with Gasteiger partial charge in [-0.1, -0.05) is 27.7 Å². The molecule has 2 nitrogen and oxygen atoms in total. The predicted molar refractivity (Wildman–Crippen MR) is 71.5 cm³/mol. The van der Waals surface area contributed by atoms with E-state index in [0.717, 1.165) is 29.8 Å². The van der Waals surface area contributed by atoms with Crippen LogP contribution in [0.1, 0.15) is 52.3 Å². The van der Waals surface area contributed by atoms with E-state index in [1.54, 1.807) is 0 Å². The van der Waals surface area contributed by atoms with E-state index in [0.29, 0.717) is 0 Å². The fourth-order valence-electron chi connectivity index (χ4n) is 1.74. The largest absolute Gasteiger partial charge is 0.453 e. The normalized spacial score (nSPS) is 14.1. The van der Waals surface area contributed by atoms with Gasteiger partial charge in [-0.05, 0) is 52.9 Å². The second-order valence-corrected chi connectivity index (χ2v) is 5.65. The molecule has 0 aliphatic rings. The van der Waals surface area contributed by atoms with Crippen LogP contribution in [0.3, 0.4) is 0 Å². The molecule has 0 saturated carbocycles. The zero-order valence-electron chi connectivity index (χ0n) is 10.6. The molecule has 0 aliphatic carbocycles. The summed E-state index contributed by atoms with van der Waals surface area (Å²) >= 11 is 3.36. The molecule has 0 fully saturated rings. The maximum atomic E-state index is 5.69. The minimum Gasteiger partial charge on any atom is -0.453 e. The van der Waals surface area contributed by atoms with Gasteiger partial charge in [-0.3, -0.25) is 0 Å². The second kappa shape index (κ2) is 5.87. The Kier molecular flexibility index (Phi) is 5.06. The highest BCUT2D eigenvalue weighted by Crippen LogP contribution is 2.37. The van der Waals surface area contributed by atoms with E-state index in [4.69, 9.17) is 4.42 Å². The van der Waals surface area contributed by atoms with Crippen molar-refractivity contribution in [3.05, 3.63) is 22.6 Å². The Bertz CT molecular complexity index is 319. The van der Waals surface area contributed by atoms with E-state index in [9.17, 15) is 0 Å². The Morgan fingerprint density at radius 1 is 1.38 bits per heavy atom. The van der Waals surface area contributed by atoms with Gasteiger partial charge in [-0.15, -0.1) is 0 Å². The molecule has 3 heteroatoms. The zero-order chi connectivity index (χ0) is 12.2. The summed E-state index contributed by atoms with van der Waals surface area (Å²) in [6.07, 6.45) is 2.25. The molecular weight excluding hydrogens is 266 g/mol.